The van der Waals surface area contributed by atoms with Crippen LogP contribution in [-0.4, -0.2) is 46.7 Å². The zero-order chi connectivity index (χ0) is 23.5. The molecule has 1 amide bonds. The lowest BCUT2D eigenvalue weighted by Crippen LogP contribution is -2.42. The molecule has 1 aliphatic heterocycles. The molecule has 1 aliphatic rings. The van der Waals surface area contributed by atoms with Gasteiger partial charge in [0, 0.05) is 18.1 Å². The predicted octanol–water partition coefficient (Wildman–Crippen LogP) is 4.38. The first kappa shape index (κ1) is 22.7. The van der Waals surface area contributed by atoms with Crippen LogP contribution in [0, 0.1) is 0 Å². The molecule has 2 aromatic heterocycles. The van der Waals surface area contributed by atoms with E-state index in [0.29, 0.717) is 53.1 Å². The normalized spacial score (nSPS) is 14.9. The molecule has 174 valence electrons. The molecule has 0 spiro atoms. The Labute approximate surface area is 205 Å². The highest BCUT2D eigenvalue weighted by atomic mass is 35.5. The van der Waals surface area contributed by atoms with E-state index in [1.165, 1.54) is 11.8 Å². The molecule has 9 heteroatoms. The lowest BCUT2D eigenvalue weighted by atomic mass is 10.1. The number of thioether (sulfide) groups is 1. The predicted molar refractivity (Wildman–Crippen MR) is 131 cm³/mol. The number of nitrogens with zero attached hydrogens (tertiary/aromatic N) is 3. The van der Waals surface area contributed by atoms with Crippen molar-refractivity contribution >= 4 is 40.2 Å². The van der Waals surface area contributed by atoms with Gasteiger partial charge in [0.2, 0.25) is 5.91 Å². The fourth-order valence-electron chi connectivity index (χ4n) is 3.91. The smallest absolute Gasteiger partial charge is 0.262 e. The zero-order valence-electron chi connectivity index (χ0n) is 18.2. The molecule has 1 saturated heterocycles. The summed E-state index contributed by atoms with van der Waals surface area (Å²) >= 11 is 7.45. The Balaban J connectivity index is 1.61. The fraction of sp³-hybridized carbons (Fsp3) is 0.240. The van der Waals surface area contributed by atoms with Gasteiger partial charge < -0.3 is 14.1 Å². The van der Waals surface area contributed by atoms with Crippen LogP contribution in [0.1, 0.15) is 16.6 Å². The molecular weight excluding hydrogens is 474 g/mol. The number of hydrogen-bond acceptors (Lipinski definition) is 6. The highest BCUT2D eigenvalue weighted by Crippen LogP contribution is 2.36. The Morgan fingerprint density at radius 3 is 2.62 bits per heavy atom. The summed E-state index contributed by atoms with van der Waals surface area (Å²) in [6.07, 6.45) is 1.57. The van der Waals surface area contributed by atoms with E-state index in [4.69, 9.17) is 25.7 Å². The van der Waals surface area contributed by atoms with E-state index in [2.05, 4.69) is 0 Å². The third kappa shape index (κ3) is 4.75. The van der Waals surface area contributed by atoms with Crippen molar-refractivity contribution in [2.75, 3.05) is 26.3 Å². The van der Waals surface area contributed by atoms with Crippen molar-refractivity contribution in [3.05, 3.63) is 93.6 Å². The molecule has 0 bridgehead atoms. The third-order valence-corrected chi connectivity index (χ3v) is 7.12. The summed E-state index contributed by atoms with van der Waals surface area (Å²) in [4.78, 5) is 33.7. The molecule has 7 nitrogen and oxygen atoms in total. The minimum absolute atomic E-state index is 0.0375. The van der Waals surface area contributed by atoms with Crippen LogP contribution in [0.15, 0.2) is 81.3 Å². The summed E-state index contributed by atoms with van der Waals surface area (Å²) in [5, 5.41) is 0.788. The fourth-order valence-corrected chi connectivity index (χ4v) is 5.25. The van der Waals surface area contributed by atoms with Crippen molar-refractivity contribution < 1.29 is 13.9 Å². The standard InChI is InChI=1S/C25H22ClN3O4S/c26-18-8-9-20-21(15-18)27-25(29(23(20)30)16-19-7-4-12-33-19)34-22(17-5-2-1-3-6-17)24(31)28-10-13-32-14-11-28/h1-9,12,15,22H,10-11,13-14,16H2. The van der Waals surface area contributed by atoms with Gasteiger partial charge in [0.15, 0.2) is 5.16 Å². The van der Waals surface area contributed by atoms with E-state index in [0.717, 1.165) is 5.56 Å². The first-order chi connectivity index (χ1) is 16.6. The summed E-state index contributed by atoms with van der Waals surface area (Å²) in [6, 6.07) is 18.1. The number of ether oxygens (including phenoxy) is 1. The number of halogens is 1. The Kier molecular flexibility index (Phi) is 6.71. The SMILES string of the molecule is O=C(C(Sc1nc2cc(Cl)ccc2c(=O)n1Cc1ccco1)c1ccccc1)N1CCOCC1. The summed E-state index contributed by atoms with van der Waals surface area (Å²) in [5.41, 5.74) is 1.11. The third-order valence-electron chi connectivity index (χ3n) is 5.65. The van der Waals surface area contributed by atoms with Crippen molar-refractivity contribution in [1.82, 2.24) is 14.5 Å². The Morgan fingerprint density at radius 1 is 1.09 bits per heavy atom. The maximum Gasteiger partial charge on any atom is 0.262 e. The van der Waals surface area contributed by atoms with E-state index in [1.807, 2.05) is 30.3 Å². The topological polar surface area (TPSA) is 77.6 Å². The summed E-state index contributed by atoms with van der Waals surface area (Å²) in [7, 11) is 0. The average molecular weight is 496 g/mol. The van der Waals surface area contributed by atoms with Crippen LogP contribution in [0.4, 0.5) is 0 Å². The molecule has 1 fully saturated rings. The molecule has 1 atom stereocenters. The average Bonchev–Trinajstić information content (AvgIpc) is 3.38. The van der Waals surface area contributed by atoms with Crippen molar-refractivity contribution in [3.8, 4) is 0 Å². The van der Waals surface area contributed by atoms with Crippen LogP contribution in [-0.2, 0) is 16.1 Å². The number of amides is 1. The van der Waals surface area contributed by atoms with Crippen LogP contribution in [0.2, 0.25) is 5.02 Å². The molecular formula is C25H22ClN3O4S. The second kappa shape index (κ2) is 10.0. The molecule has 4 aromatic rings. The molecule has 0 saturated carbocycles. The number of benzene rings is 2. The number of morpholine rings is 1. The van der Waals surface area contributed by atoms with Gasteiger partial charge in [-0.25, -0.2) is 4.98 Å². The lowest BCUT2D eigenvalue weighted by Gasteiger charge is -2.30. The first-order valence-electron chi connectivity index (χ1n) is 10.9. The lowest BCUT2D eigenvalue weighted by molar-refractivity contribution is -0.134. The van der Waals surface area contributed by atoms with Gasteiger partial charge in [-0.3, -0.25) is 14.2 Å². The molecule has 34 heavy (non-hydrogen) atoms. The van der Waals surface area contributed by atoms with Crippen LogP contribution in [0.5, 0.6) is 0 Å². The van der Waals surface area contributed by atoms with E-state index in [1.54, 1.807) is 46.1 Å². The molecule has 0 radical (unpaired) electrons. The molecule has 0 N–H and O–H groups in total. The summed E-state index contributed by atoms with van der Waals surface area (Å²) in [6.45, 7) is 2.28. The number of fused-ring (bicyclic) bond motifs is 1. The Morgan fingerprint density at radius 2 is 1.88 bits per heavy atom. The largest absolute Gasteiger partial charge is 0.467 e. The molecule has 0 aliphatic carbocycles. The van der Waals surface area contributed by atoms with E-state index in [-0.39, 0.29) is 18.0 Å². The number of carbonyl (C=O) groups is 1. The van der Waals surface area contributed by atoms with E-state index >= 15 is 0 Å². The molecule has 3 heterocycles. The second-order valence-corrected chi connectivity index (χ2v) is 9.38. The molecule has 1 unspecified atom stereocenters. The van der Waals surface area contributed by atoms with Crippen LogP contribution in [0.25, 0.3) is 10.9 Å². The summed E-state index contributed by atoms with van der Waals surface area (Å²) in [5.74, 6) is 0.583. The second-order valence-electron chi connectivity index (χ2n) is 7.87. The Bertz CT molecular complexity index is 1350. The van der Waals surface area contributed by atoms with Gasteiger partial charge in [-0.1, -0.05) is 53.7 Å². The Hall–Kier alpha value is -3.07. The minimum Gasteiger partial charge on any atom is -0.467 e. The van der Waals surface area contributed by atoms with Crippen LogP contribution in [0.3, 0.4) is 0 Å². The van der Waals surface area contributed by atoms with E-state index < -0.39 is 5.25 Å². The quantitative estimate of drug-likeness (QED) is 0.292. The van der Waals surface area contributed by atoms with Crippen LogP contribution >= 0.6 is 23.4 Å². The maximum absolute atomic E-state index is 13.6. The van der Waals surface area contributed by atoms with Crippen LogP contribution < -0.4 is 5.56 Å². The highest BCUT2D eigenvalue weighted by molar-refractivity contribution is 8.00. The van der Waals surface area contributed by atoms with Gasteiger partial charge >= 0.3 is 0 Å². The number of aromatic nitrogens is 2. The van der Waals surface area contributed by atoms with Crippen molar-refractivity contribution in [2.24, 2.45) is 0 Å². The molecule has 2 aromatic carbocycles. The van der Waals surface area contributed by atoms with Crippen molar-refractivity contribution in [1.29, 1.82) is 0 Å². The number of hydrogen-bond donors (Lipinski definition) is 0. The monoisotopic (exact) mass is 495 g/mol. The number of carbonyl (C=O) groups excluding carboxylic acids is 1. The highest BCUT2D eigenvalue weighted by Gasteiger charge is 2.30. The number of furan rings is 1. The minimum atomic E-state index is -0.578. The number of rotatable bonds is 6. The van der Waals surface area contributed by atoms with Gasteiger partial charge in [-0.2, -0.15) is 0 Å². The van der Waals surface area contributed by atoms with Crippen molar-refractivity contribution in [3.63, 3.8) is 0 Å². The van der Waals surface area contributed by atoms with E-state index in [9.17, 15) is 9.59 Å². The maximum atomic E-state index is 13.6. The zero-order valence-corrected chi connectivity index (χ0v) is 19.8. The first-order valence-corrected chi connectivity index (χ1v) is 12.2. The van der Waals surface area contributed by atoms with Gasteiger partial charge in [0.25, 0.3) is 5.56 Å². The van der Waals surface area contributed by atoms with Gasteiger partial charge in [-0.05, 0) is 35.9 Å². The summed E-state index contributed by atoms with van der Waals surface area (Å²) < 4.78 is 12.5. The van der Waals surface area contributed by atoms with Gasteiger partial charge in [-0.15, -0.1) is 0 Å². The van der Waals surface area contributed by atoms with Gasteiger partial charge in [0.05, 0.1) is 36.9 Å². The van der Waals surface area contributed by atoms with Crippen molar-refractivity contribution in [2.45, 2.75) is 17.0 Å². The molecule has 5 rings (SSSR count). The van der Waals surface area contributed by atoms with Gasteiger partial charge in [0.1, 0.15) is 11.0 Å².